The van der Waals surface area contributed by atoms with Crippen LogP contribution in [0.5, 0.6) is 0 Å². The predicted octanol–water partition coefficient (Wildman–Crippen LogP) is 3.82. The van der Waals surface area contributed by atoms with Gasteiger partial charge in [0.2, 0.25) is 0 Å². The molecule has 0 spiro atoms. The maximum absolute atomic E-state index is 6.30. The van der Waals surface area contributed by atoms with Gasteiger partial charge in [-0.05, 0) is 42.1 Å². The number of nitrogens with zero attached hydrogens (tertiary/aromatic N) is 1. The minimum absolute atomic E-state index is 0.479. The fourth-order valence-corrected chi connectivity index (χ4v) is 3.58. The molecule has 2 nitrogen and oxygen atoms in total. The number of halogens is 1. The smallest absolute Gasteiger partial charge is 0.0438 e. The molecule has 2 atom stereocenters. The average molecular weight is 315 g/mol. The third-order valence-corrected chi connectivity index (χ3v) is 5.10. The van der Waals surface area contributed by atoms with E-state index < -0.39 is 0 Å². The summed E-state index contributed by atoms with van der Waals surface area (Å²) < 4.78 is 0. The van der Waals surface area contributed by atoms with E-state index in [1.807, 2.05) is 6.92 Å². The lowest BCUT2D eigenvalue weighted by molar-refractivity contribution is 0.317. The molecule has 3 rings (SSSR count). The molecule has 3 heteroatoms. The lowest BCUT2D eigenvalue weighted by atomic mass is 9.89. The third-order valence-electron chi connectivity index (χ3n) is 4.69. The van der Waals surface area contributed by atoms with Crippen LogP contribution in [0.25, 0.3) is 0 Å². The van der Waals surface area contributed by atoms with E-state index in [0.717, 1.165) is 36.8 Å². The summed E-state index contributed by atoms with van der Waals surface area (Å²) >= 11 is 6.30. The Labute approximate surface area is 137 Å². The maximum Gasteiger partial charge on any atom is 0.0438 e. The Morgan fingerprint density at radius 3 is 2.59 bits per heavy atom. The van der Waals surface area contributed by atoms with Gasteiger partial charge < -0.3 is 5.73 Å². The Hall–Kier alpha value is -1.35. The molecule has 2 aromatic rings. The topological polar surface area (TPSA) is 29.3 Å². The summed E-state index contributed by atoms with van der Waals surface area (Å²) in [6, 6.07) is 17.1. The van der Waals surface area contributed by atoms with E-state index in [9.17, 15) is 0 Å². The number of rotatable bonds is 4. The Morgan fingerprint density at radius 1 is 1.14 bits per heavy atom. The molecule has 1 heterocycles. The molecule has 1 saturated heterocycles. The van der Waals surface area contributed by atoms with Gasteiger partial charge in [0.15, 0.2) is 0 Å². The Kier molecular flexibility index (Phi) is 4.82. The first-order chi connectivity index (χ1) is 10.7. The van der Waals surface area contributed by atoms with Crippen molar-refractivity contribution in [1.29, 1.82) is 0 Å². The zero-order valence-electron chi connectivity index (χ0n) is 13.0. The van der Waals surface area contributed by atoms with Crippen molar-refractivity contribution in [2.24, 2.45) is 11.7 Å². The second-order valence-electron chi connectivity index (χ2n) is 6.29. The van der Waals surface area contributed by atoms with Crippen molar-refractivity contribution in [3.05, 3.63) is 70.2 Å². The SMILES string of the molecule is Cc1ccc(C2CN(Cc3ccccc3)CC2CN)cc1Cl. The van der Waals surface area contributed by atoms with Crippen LogP contribution in [0.4, 0.5) is 0 Å². The Bertz CT molecular complexity index is 627. The van der Waals surface area contributed by atoms with Gasteiger partial charge in [-0.25, -0.2) is 0 Å². The number of aryl methyl sites for hydroxylation is 1. The van der Waals surface area contributed by atoms with Crippen molar-refractivity contribution < 1.29 is 0 Å². The second kappa shape index (κ2) is 6.82. The van der Waals surface area contributed by atoms with Gasteiger partial charge in [0.1, 0.15) is 0 Å². The van der Waals surface area contributed by atoms with E-state index in [1.54, 1.807) is 0 Å². The van der Waals surface area contributed by atoms with Crippen molar-refractivity contribution >= 4 is 11.6 Å². The van der Waals surface area contributed by atoms with Crippen LogP contribution in [-0.2, 0) is 6.54 Å². The molecule has 2 unspecified atom stereocenters. The fraction of sp³-hybridized carbons (Fsp3) is 0.368. The highest BCUT2D eigenvalue weighted by molar-refractivity contribution is 6.31. The van der Waals surface area contributed by atoms with Gasteiger partial charge in [0.25, 0.3) is 0 Å². The molecule has 1 aliphatic rings. The molecule has 1 fully saturated rings. The van der Waals surface area contributed by atoms with E-state index >= 15 is 0 Å². The molecule has 0 aliphatic carbocycles. The molecule has 2 aromatic carbocycles. The summed E-state index contributed by atoms with van der Waals surface area (Å²) in [7, 11) is 0. The summed E-state index contributed by atoms with van der Waals surface area (Å²) in [6.45, 7) is 5.87. The largest absolute Gasteiger partial charge is 0.330 e. The molecule has 0 bridgehead atoms. The van der Waals surface area contributed by atoms with Gasteiger partial charge in [-0.15, -0.1) is 0 Å². The highest BCUT2D eigenvalue weighted by atomic mass is 35.5. The number of nitrogens with two attached hydrogens (primary N) is 1. The molecular weight excluding hydrogens is 292 g/mol. The van der Waals surface area contributed by atoms with Gasteiger partial charge in [-0.1, -0.05) is 54.1 Å². The molecule has 0 aromatic heterocycles. The van der Waals surface area contributed by atoms with E-state index in [1.165, 1.54) is 11.1 Å². The molecule has 116 valence electrons. The highest BCUT2D eigenvalue weighted by Gasteiger charge is 2.32. The van der Waals surface area contributed by atoms with Gasteiger partial charge in [0.05, 0.1) is 0 Å². The summed E-state index contributed by atoms with van der Waals surface area (Å²) in [5.74, 6) is 0.981. The molecule has 0 saturated carbocycles. The van der Waals surface area contributed by atoms with E-state index in [2.05, 4.69) is 53.4 Å². The molecule has 2 N–H and O–H groups in total. The summed E-state index contributed by atoms with van der Waals surface area (Å²) in [4.78, 5) is 2.51. The standard InChI is InChI=1S/C19H23ClN2/c1-14-7-8-16(9-19(14)20)18-13-22(12-17(18)10-21)11-15-5-3-2-4-6-15/h2-9,17-18H,10-13,21H2,1H3. The second-order valence-corrected chi connectivity index (χ2v) is 6.70. The van der Waals surface area contributed by atoms with Crippen LogP contribution in [0.1, 0.15) is 22.6 Å². The van der Waals surface area contributed by atoms with Crippen LogP contribution in [-0.4, -0.2) is 24.5 Å². The monoisotopic (exact) mass is 314 g/mol. The highest BCUT2D eigenvalue weighted by Crippen LogP contribution is 2.34. The first-order valence-electron chi connectivity index (χ1n) is 7.89. The maximum atomic E-state index is 6.30. The van der Waals surface area contributed by atoms with E-state index in [4.69, 9.17) is 17.3 Å². The number of hydrogen-bond acceptors (Lipinski definition) is 2. The molecule has 22 heavy (non-hydrogen) atoms. The van der Waals surface area contributed by atoms with Crippen molar-refractivity contribution in [2.75, 3.05) is 19.6 Å². The molecule has 0 amide bonds. The lowest BCUT2D eigenvalue weighted by Crippen LogP contribution is -2.23. The van der Waals surface area contributed by atoms with Gasteiger partial charge >= 0.3 is 0 Å². The van der Waals surface area contributed by atoms with Gasteiger partial charge in [-0.2, -0.15) is 0 Å². The average Bonchev–Trinajstić information content (AvgIpc) is 2.94. The number of hydrogen-bond donors (Lipinski definition) is 1. The molecular formula is C19H23ClN2. The van der Waals surface area contributed by atoms with Crippen LogP contribution >= 0.6 is 11.6 Å². The van der Waals surface area contributed by atoms with E-state index in [0.29, 0.717) is 11.8 Å². The van der Waals surface area contributed by atoms with Crippen molar-refractivity contribution in [3.63, 3.8) is 0 Å². The molecule has 0 radical (unpaired) electrons. The lowest BCUT2D eigenvalue weighted by Gasteiger charge is -2.18. The van der Waals surface area contributed by atoms with Gasteiger partial charge in [0, 0.05) is 30.6 Å². The van der Waals surface area contributed by atoms with Crippen LogP contribution in [0.2, 0.25) is 5.02 Å². The zero-order chi connectivity index (χ0) is 15.5. The first-order valence-corrected chi connectivity index (χ1v) is 8.27. The predicted molar refractivity (Wildman–Crippen MR) is 93.2 cm³/mol. The van der Waals surface area contributed by atoms with Crippen molar-refractivity contribution in [2.45, 2.75) is 19.4 Å². The normalized spacial score (nSPS) is 22.1. The quantitative estimate of drug-likeness (QED) is 0.929. The minimum Gasteiger partial charge on any atom is -0.330 e. The molecule has 1 aliphatic heterocycles. The summed E-state index contributed by atoms with van der Waals surface area (Å²) in [6.07, 6.45) is 0. The third kappa shape index (κ3) is 3.35. The number of likely N-dealkylation sites (tertiary alicyclic amines) is 1. The van der Waals surface area contributed by atoms with Crippen LogP contribution in [0.15, 0.2) is 48.5 Å². The van der Waals surface area contributed by atoms with Crippen LogP contribution in [0, 0.1) is 12.8 Å². The summed E-state index contributed by atoms with van der Waals surface area (Å²) in [5.41, 5.74) is 9.84. The van der Waals surface area contributed by atoms with Crippen molar-refractivity contribution in [1.82, 2.24) is 4.90 Å². The van der Waals surface area contributed by atoms with Crippen LogP contribution < -0.4 is 5.73 Å². The fourth-order valence-electron chi connectivity index (χ4n) is 3.39. The van der Waals surface area contributed by atoms with Gasteiger partial charge in [-0.3, -0.25) is 4.90 Å². The van der Waals surface area contributed by atoms with Crippen molar-refractivity contribution in [3.8, 4) is 0 Å². The minimum atomic E-state index is 0.479. The Morgan fingerprint density at radius 2 is 1.91 bits per heavy atom. The summed E-state index contributed by atoms with van der Waals surface area (Å²) in [5, 5.41) is 0.856. The number of benzene rings is 2. The van der Waals surface area contributed by atoms with E-state index in [-0.39, 0.29) is 0 Å². The first kappa shape index (κ1) is 15.5. The zero-order valence-corrected chi connectivity index (χ0v) is 13.8. The Balaban J connectivity index is 1.75. The van der Waals surface area contributed by atoms with Crippen LogP contribution in [0.3, 0.4) is 0 Å².